The number of nitrogen functional groups attached to an aromatic ring is 1. The number of amides is 1. The Labute approximate surface area is 144 Å². The minimum absolute atomic E-state index is 0.186. The zero-order valence-electron chi connectivity index (χ0n) is 13.7. The van der Waals surface area contributed by atoms with E-state index in [2.05, 4.69) is 10.1 Å². The molecule has 3 rings (SSSR count). The van der Waals surface area contributed by atoms with Gasteiger partial charge in [0, 0.05) is 11.3 Å². The Kier molecular flexibility index (Phi) is 4.74. The smallest absolute Gasteiger partial charge is 0.339 e. The lowest BCUT2D eigenvalue weighted by molar-refractivity contribution is 0.0601. The van der Waals surface area contributed by atoms with E-state index in [1.54, 1.807) is 0 Å². The Morgan fingerprint density at radius 1 is 1.24 bits per heavy atom. The fourth-order valence-corrected chi connectivity index (χ4v) is 2.47. The van der Waals surface area contributed by atoms with Crippen molar-refractivity contribution in [2.24, 2.45) is 0 Å². The second-order valence-electron chi connectivity index (χ2n) is 5.50. The van der Waals surface area contributed by atoms with Crippen molar-refractivity contribution in [1.29, 1.82) is 0 Å². The Morgan fingerprint density at radius 2 is 2.00 bits per heavy atom. The van der Waals surface area contributed by atoms with Gasteiger partial charge in [0.25, 0.3) is 5.91 Å². The van der Waals surface area contributed by atoms with E-state index in [9.17, 15) is 9.59 Å². The number of carbonyl (C=O) groups is 2. The second-order valence-corrected chi connectivity index (χ2v) is 5.50. The zero-order chi connectivity index (χ0) is 17.8. The Balaban J connectivity index is 1.60. The number of esters is 1. The molecule has 1 aliphatic heterocycles. The van der Waals surface area contributed by atoms with Gasteiger partial charge in [0.2, 0.25) is 0 Å². The van der Waals surface area contributed by atoms with Crippen LogP contribution < -0.4 is 20.5 Å². The standard InChI is InChI=1S/C18H18N2O5/c1-23-18(22)13-7-6-11(8-14(13)19)17(21)20-9-12-10-24-15-4-2-3-5-16(15)25-12/h2-8,12H,9-10,19H2,1H3,(H,20,21). The van der Waals surface area contributed by atoms with Crippen LogP contribution in [-0.2, 0) is 4.74 Å². The maximum absolute atomic E-state index is 12.3. The van der Waals surface area contributed by atoms with Crippen LogP contribution in [0, 0.1) is 0 Å². The van der Waals surface area contributed by atoms with E-state index < -0.39 is 5.97 Å². The van der Waals surface area contributed by atoms with Crippen molar-refractivity contribution in [3.63, 3.8) is 0 Å². The molecule has 0 fully saturated rings. The minimum Gasteiger partial charge on any atom is -0.486 e. The van der Waals surface area contributed by atoms with Crippen LogP contribution in [0.5, 0.6) is 11.5 Å². The first-order valence-corrected chi connectivity index (χ1v) is 7.73. The predicted molar refractivity (Wildman–Crippen MR) is 90.9 cm³/mol. The van der Waals surface area contributed by atoms with Gasteiger partial charge in [-0.25, -0.2) is 4.79 Å². The van der Waals surface area contributed by atoms with E-state index in [4.69, 9.17) is 15.2 Å². The normalized spacial score (nSPS) is 15.3. The molecule has 0 saturated carbocycles. The largest absolute Gasteiger partial charge is 0.486 e. The van der Waals surface area contributed by atoms with Gasteiger partial charge in [0.1, 0.15) is 12.7 Å². The van der Waals surface area contributed by atoms with E-state index in [0.717, 1.165) is 0 Å². The van der Waals surface area contributed by atoms with Crippen molar-refractivity contribution < 1.29 is 23.8 Å². The zero-order valence-corrected chi connectivity index (χ0v) is 13.7. The highest BCUT2D eigenvalue weighted by Crippen LogP contribution is 2.30. The molecule has 7 nitrogen and oxygen atoms in total. The number of benzene rings is 2. The lowest BCUT2D eigenvalue weighted by Gasteiger charge is -2.26. The van der Waals surface area contributed by atoms with Gasteiger partial charge < -0.3 is 25.3 Å². The number of rotatable bonds is 4. The summed E-state index contributed by atoms with van der Waals surface area (Å²) < 4.78 is 16.0. The minimum atomic E-state index is -0.545. The van der Waals surface area contributed by atoms with Crippen LogP contribution in [-0.4, -0.2) is 38.2 Å². The molecular formula is C18H18N2O5. The summed E-state index contributed by atoms with van der Waals surface area (Å²) >= 11 is 0. The molecule has 0 aliphatic carbocycles. The van der Waals surface area contributed by atoms with Crippen LogP contribution in [0.3, 0.4) is 0 Å². The van der Waals surface area contributed by atoms with Gasteiger partial charge in [-0.15, -0.1) is 0 Å². The van der Waals surface area contributed by atoms with Crippen LogP contribution in [0.15, 0.2) is 42.5 Å². The van der Waals surface area contributed by atoms with Crippen molar-refractivity contribution in [1.82, 2.24) is 5.32 Å². The molecule has 2 aromatic rings. The lowest BCUT2D eigenvalue weighted by Crippen LogP contribution is -2.40. The molecule has 7 heteroatoms. The van der Waals surface area contributed by atoms with E-state index in [1.807, 2.05) is 24.3 Å². The topological polar surface area (TPSA) is 99.9 Å². The molecule has 0 spiro atoms. The number of hydrogen-bond acceptors (Lipinski definition) is 6. The van der Waals surface area contributed by atoms with Gasteiger partial charge in [0.15, 0.2) is 11.5 Å². The maximum atomic E-state index is 12.3. The molecule has 1 aliphatic rings. The highest BCUT2D eigenvalue weighted by atomic mass is 16.6. The number of fused-ring (bicyclic) bond motifs is 1. The molecule has 1 heterocycles. The molecule has 2 aromatic carbocycles. The first-order chi connectivity index (χ1) is 12.1. The van der Waals surface area contributed by atoms with Crippen molar-refractivity contribution in [2.45, 2.75) is 6.10 Å². The van der Waals surface area contributed by atoms with Gasteiger partial charge >= 0.3 is 5.97 Å². The summed E-state index contributed by atoms with van der Waals surface area (Å²) in [7, 11) is 1.27. The molecule has 130 valence electrons. The second kappa shape index (κ2) is 7.12. The quantitative estimate of drug-likeness (QED) is 0.647. The first-order valence-electron chi connectivity index (χ1n) is 7.73. The monoisotopic (exact) mass is 342 g/mol. The third kappa shape index (κ3) is 3.65. The molecule has 0 bridgehead atoms. The summed E-state index contributed by atoms with van der Waals surface area (Å²) in [6, 6.07) is 11.8. The highest BCUT2D eigenvalue weighted by molar-refractivity contribution is 6.00. The molecule has 25 heavy (non-hydrogen) atoms. The molecular weight excluding hydrogens is 324 g/mol. The summed E-state index contributed by atoms with van der Waals surface area (Å²) in [4.78, 5) is 23.8. The molecule has 0 aromatic heterocycles. The van der Waals surface area contributed by atoms with Crippen LogP contribution >= 0.6 is 0 Å². The molecule has 1 amide bonds. The molecule has 1 atom stereocenters. The number of para-hydroxylation sites is 2. The fourth-order valence-electron chi connectivity index (χ4n) is 2.47. The van der Waals surface area contributed by atoms with E-state index >= 15 is 0 Å². The average Bonchev–Trinajstić information content (AvgIpc) is 2.65. The lowest BCUT2D eigenvalue weighted by atomic mass is 10.1. The number of anilines is 1. The Bertz CT molecular complexity index is 806. The number of ether oxygens (including phenoxy) is 3. The van der Waals surface area contributed by atoms with E-state index in [0.29, 0.717) is 23.7 Å². The van der Waals surface area contributed by atoms with Crippen molar-refractivity contribution in [3.8, 4) is 11.5 Å². The number of methoxy groups -OCH3 is 1. The van der Waals surface area contributed by atoms with Crippen molar-refractivity contribution in [2.75, 3.05) is 26.0 Å². The molecule has 3 N–H and O–H groups in total. The first kappa shape index (κ1) is 16.6. The Hall–Kier alpha value is -3.22. The predicted octanol–water partition coefficient (Wildman–Crippen LogP) is 1.63. The van der Waals surface area contributed by atoms with Gasteiger partial charge in [-0.1, -0.05) is 12.1 Å². The van der Waals surface area contributed by atoms with Gasteiger partial charge in [-0.05, 0) is 30.3 Å². The summed E-state index contributed by atoms with van der Waals surface area (Å²) in [5, 5.41) is 2.77. The Morgan fingerprint density at radius 3 is 2.72 bits per heavy atom. The summed E-state index contributed by atoms with van der Waals surface area (Å²) in [6.07, 6.45) is -0.287. The maximum Gasteiger partial charge on any atom is 0.339 e. The third-order valence-electron chi connectivity index (χ3n) is 3.78. The molecule has 1 unspecified atom stereocenters. The van der Waals surface area contributed by atoms with Gasteiger partial charge in [0.05, 0.1) is 19.2 Å². The summed E-state index contributed by atoms with van der Waals surface area (Å²) in [6.45, 7) is 0.631. The van der Waals surface area contributed by atoms with Gasteiger partial charge in [-0.3, -0.25) is 4.79 Å². The SMILES string of the molecule is COC(=O)c1ccc(C(=O)NCC2COc3ccccc3O2)cc1N. The van der Waals surface area contributed by atoms with E-state index in [-0.39, 0.29) is 29.8 Å². The van der Waals surface area contributed by atoms with Crippen LogP contribution in [0.25, 0.3) is 0 Å². The molecule has 0 radical (unpaired) electrons. The average molecular weight is 342 g/mol. The number of carbonyl (C=O) groups excluding carboxylic acids is 2. The van der Waals surface area contributed by atoms with Gasteiger partial charge in [-0.2, -0.15) is 0 Å². The summed E-state index contributed by atoms with van der Waals surface area (Å²) in [5.74, 6) is 0.484. The van der Waals surface area contributed by atoms with Crippen molar-refractivity contribution in [3.05, 3.63) is 53.6 Å². The highest BCUT2D eigenvalue weighted by Gasteiger charge is 2.21. The van der Waals surface area contributed by atoms with Crippen LogP contribution in [0.2, 0.25) is 0 Å². The van der Waals surface area contributed by atoms with Crippen LogP contribution in [0.4, 0.5) is 5.69 Å². The number of hydrogen-bond donors (Lipinski definition) is 2. The number of nitrogens with one attached hydrogen (secondary N) is 1. The molecule has 0 saturated heterocycles. The number of nitrogens with two attached hydrogens (primary N) is 1. The van der Waals surface area contributed by atoms with E-state index in [1.165, 1.54) is 25.3 Å². The third-order valence-corrected chi connectivity index (χ3v) is 3.78. The van der Waals surface area contributed by atoms with Crippen molar-refractivity contribution >= 4 is 17.6 Å². The summed E-state index contributed by atoms with van der Waals surface area (Å²) in [5.41, 5.74) is 6.56. The van der Waals surface area contributed by atoms with Crippen LogP contribution in [0.1, 0.15) is 20.7 Å². The fraction of sp³-hybridized carbons (Fsp3) is 0.222.